The second-order valence-corrected chi connectivity index (χ2v) is 11.4. The van der Waals surface area contributed by atoms with E-state index in [1.807, 2.05) is 12.1 Å². The van der Waals surface area contributed by atoms with Crippen LogP contribution in [0.1, 0.15) is 151 Å². The zero-order valence-electron chi connectivity index (χ0n) is 22.4. The number of rotatable bonds is 14. The summed E-state index contributed by atoms with van der Waals surface area (Å²) in [7, 11) is 0. The maximum atomic E-state index is 12.4. The van der Waals surface area contributed by atoms with Crippen LogP contribution < -0.4 is 0 Å². The highest BCUT2D eigenvalue weighted by Gasteiger charge is 2.31. The van der Waals surface area contributed by atoms with E-state index in [2.05, 4.69) is 26.0 Å². The van der Waals surface area contributed by atoms with E-state index in [4.69, 9.17) is 4.74 Å². The highest BCUT2D eigenvalue weighted by Crippen LogP contribution is 2.44. The van der Waals surface area contributed by atoms with Gasteiger partial charge in [0, 0.05) is 0 Å². The number of unbranched alkanes of at least 4 members (excludes halogenated alkanes) is 7. The first kappa shape index (κ1) is 27.3. The molecule has 0 aliphatic heterocycles. The van der Waals surface area contributed by atoms with Gasteiger partial charge < -0.3 is 4.74 Å². The number of carbonyl (C=O) groups excluding carboxylic acids is 1. The van der Waals surface area contributed by atoms with Crippen molar-refractivity contribution >= 4 is 5.97 Å². The van der Waals surface area contributed by atoms with E-state index < -0.39 is 0 Å². The molecule has 1 aromatic rings. The molecule has 2 saturated carbocycles. The van der Waals surface area contributed by atoms with Gasteiger partial charge in [-0.15, -0.1) is 0 Å². The summed E-state index contributed by atoms with van der Waals surface area (Å²) in [5.41, 5.74) is 2.13. The number of benzene rings is 1. The van der Waals surface area contributed by atoms with Gasteiger partial charge in [0.05, 0.1) is 12.2 Å². The molecule has 0 amide bonds. The Balaban J connectivity index is 1.30. The van der Waals surface area contributed by atoms with E-state index in [0.29, 0.717) is 18.1 Å². The summed E-state index contributed by atoms with van der Waals surface area (Å²) >= 11 is 0. The maximum Gasteiger partial charge on any atom is 0.338 e. The quantitative estimate of drug-likeness (QED) is 0.200. The van der Waals surface area contributed by atoms with Crippen LogP contribution in [-0.4, -0.2) is 12.6 Å². The maximum absolute atomic E-state index is 12.4. The van der Waals surface area contributed by atoms with Crippen molar-refractivity contribution in [3.8, 4) is 0 Å². The molecule has 0 atom stereocenters. The van der Waals surface area contributed by atoms with Crippen LogP contribution >= 0.6 is 0 Å². The van der Waals surface area contributed by atoms with E-state index in [-0.39, 0.29) is 5.97 Å². The van der Waals surface area contributed by atoms with Crippen molar-refractivity contribution in [3.05, 3.63) is 35.4 Å². The molecule has 1 aromatic carbocycles. The van der Waals surface area contributed by atoms with Crippen molar-refractivity contribution in [2.75, 3.05) is 6.61 Å². The molecule has 0 bridgehead atoms. The van der Waals surface area contributed by atoms with Gasteiger partial charge in [-0.1, -0.05) is 96.6 Å². The van der Waals surface area contributed by atoms with Crippen LogP contribution in [0.5, 0.6) is 0 Å². The minimum Gasteiger partial charge on any atom is -0.462 e. The van der Waals surface area contributed by atoms with Gasteiger partial charge in [0.1, 0.15) is 0 Å². The van der Waals surface area contributed by atoms with Crippen molar-refractivity contribution in [1.29, 1.82) is 0 Å². The molecule has 0 radical (unpaired) electrons. The Morgan fingerprint density at radius 2 is 1.26 bits per heavy atom. The zero-order chi connectivity index (χ0) is 24.0. The highest BCUT2D eigenvalue weighted by molar-refractivity contribution is 5.89. The van der Waals surface area contributed by atoms with Gasteiger partial charge in [-0.2, -0.15) is 0 Å². The van der Waals surface area contributed by atoms with Crippen LogP contribution in [0.15, 0.2) is 24.3 Å². The molecule has 2 heteroatoms. The number of hydrogen-bond acceptors (Lipinski definition) is 2. The summed E-state index contributed by atoms with van der Waals surface area (Å²) in [6, 6.07) is 8.36. The zero-order valence-corrected chi connectivity index (χ0v) is 22.4. The third-order valence-corrected chi connectivity index (χ3v) is 8.88. The molecular weight excluding hydrogens is 416 g/mol. The van der Waals surface area contributed by atoms with Crippen molar-refractivity contribution in [3.63, 3.8) is 0 Å². The average Bonchev–Trinajstić information content (AvgIpc) is 2.88. The van der Waals surface area contributed by atoms with Crippen molar-refractivity contribution in [2.24, 2.45) is 17.8 Å². The van der Waals surface area contributed by atoms with Gasteiger partial charge in [-0.05, 0) is 86.3 Å². The van der Waals surface area contributed by atoms with Crippen LogP contribution in [0.3, 0.4) is 0 Å². The molecule has 0 saturated heterocycles. The molecule has 3 rings (SSSR count). The van der Waals surface area contributed by atoms with E-state index in [9.17, 15) is 4.79 Å². The highest BCUT2D eigenvalue weighted by atomic mass is 16.5. The first-order valence-corrected chi connectivity index (χ1v) is 15.0. The molecule has 2 aliphatic carbocycles. The molecule has 34 heavy (non-hydrogen) atoms. The largest absolute Gasteiger partial charge is 0.462 e. The monoisotopic (exact) mass is 468 g/mol. The number of ether oxygens (including phenoxy) is 1. The minimum absolute atomic E-state index is 0.156. The van der Waals surface area contributed by atoms with E-state index in [1.165, 1.54) is 115 Å². The molecule has 2 fully saturated rings. The molecule has 0 heterocycles. The second kappa shape index (κ2) is 15.6. The van der Waals surface area contributed by atoms with Gasteiger partial charge >= 0.3 is 5.97 Å². The van der Waals surface area contributed by atoms with E-state index >= 15 is 0 Å². The predicted molar refractivity (Wildman–Crippen MR) is 144 cm³/mol. The van der Waals surface area contributed by atoms with Crippen LogP contribution in [0.2, 0.25) is 0 Å². The van der Waals surface area contributed by atoms with Crippen molar-refractivity contribution < 1.29 is 9.53 Å². The molecule has 0 aromatic heterocycles. The predicted octanol–water partition coefficient (Wildman–Crippen LogP) is 9.86. The lowest BCUT2D eigenvalue weighted by Crippen LogP contribution is -2.25. The number of hydrogen-bond donors (Lipinski definition) is 0. The Kier molecular flexibility index (Phi) is 12.5. The number of carbonyl (C=O) groups is 1. The number of esters is 1. The molecular formula is C32H52O2. The first-order chi connectivity index (χ1) is 16.7. The summed E-state index contributed by atoms with van der Waals surface area (Å²) in [4.78, 5) is 12.4. The normalized spacial score (nSPS) is 25.2. The average molecular weight is 469 g/mol. The van der Waals surface area contributed by atoms with Crippen LogP contribution in [0, 0.1) is 17.8 Å². The van der Waals surface area contributed by atoms with Gasteiger partial charge in [0.25, 0.3) is 0 Å². The molecule has 2 aliphatic rings. The molecule has 192 valence electrons. The summed E-state index contributed by atoms with van der Waals surface area (Å²) in [5.74, 6) is 3.49. The second-order valence-electron chi connectivity index (χ2n) is 11.4. The van der Waals surface area contributed by atoms with Gasteiger partial charge in [0.15, 0.2) is 0 Å². The Hall–Kier alpha value is -1.31. The van der Waals surface area contributed by atoms with Crippen molar-refractivity contribution in [2.45, 2.75) is 135 Å². The fourth-order valence-electron chi connectivity index (χ4n) is 6.66. The smallest absolute Gasteiger partial charge is 0.338 e. The molecule has 0 N–H and O–H groups in total. The van der Waals surface area contributed by atoms with Gasteiger partial charge in [-0.3, -0.25) is 0 Å². The van der Waals surface area contributed by atoms with Crippen LogP contribution in [-0.2, 0) is 4.74 Å². The SMILES string of the molecule is CCCCCCCCCCOC(=O)c1ccc(C2CCC([C@H]3CC[C@H](CCC)CC3)CC2)cc1. The van der Waals surface area contributed by atoms with Gasteiger partial charge in [-0.25, -0.2) is 4.79 Å². The molecule has 0 spiro atoms. The fourth-order valence-corrected chi connectivity index (χ4v) is 6.66. The third kappa shape index (κ3) is 9.04. The lowest BCUT2D eigenvalue weighted by Gasteiger charge is -2.38. The summed E-state index contributed by atoms with van der Waals surface area (Å²) < 4.78 is 5.52. The Morgan fingerprint density at radius 1 is 0.706 bits per heavy atom. The van der Waals surface area contributed by atoms with E-state index in [0.717, 1.165) is 24.2 Å². The summed E-state index contributed by atoms with van der Waals surface area (Å²) in [5, 5.41) is 0. The van der Waals surface area contributed by atoms with Crippen LogP contribution in [0.25, 0.3) is 0 Å². The molecule has 0 unspecified atom stereocenters. The summed E-state index contributed by atoms with van der Waals surface area (Å²) in [6.07, 6.45) is 24.3. The topological polar surface area (TPSA) is 26.3 Å². The Morgan fingerprint density at radius 3 is 1.85 bits per heavy atom. The fraction of sp³-hybridized carbons (Fsp3) is 0.781. The van der Waals surface area contributed by atoms with Crippen LogP contribution in [0.4, 0.5) is 0 Å². The Labute approximate surface area is 210 Å². The molecule has 2 nitrogen and oxygen atoms in total. The third-order valence-electron chi connectivity index (χ3n) is 8.88. The summed E-state index contributed by atoms with van der Waals surface area (Å²) in [6.45, 7) is 5.15. The minimum atomic E-state index is -0.156. The first-order valence-electron chi connectivity index (χ1n) is 15.0. The van der Waals surface area contributed by atoms with Gasteiger partial charge in [0.2, 0.25) is 0 Å². The lowest BCUT2D eigenvalue weighted by atomic mass is 9.68. The Bertz CT molecular complexity index is 663. The van der Waals surface area contributed by atoms with E-state index in [1.54, 1.807) is 0 Å². The lowest BCUT2D eigenvalue weighted by molar-refractivity contribution is 0.0497. The standard InChI is InChI=1S/C32H52O2/c1-3-5-6-7-8-9-10-11-25-34-32(33)31-23-21-30(22-24-31)29-19-17-28(18-20-29)27-15-13-26(12-4-2)14-16-27/h21-24,26-29H,3-20,25H2,1-2H3/t26-,27-,28?,29?. The van der Waals surface area contributed by atoms with Crippen molar-refractivity contribution in [1.82, 2.24) is 0 Å².